The summed E-state index contributed by atoms with van der Waals surface area (Å²) in [6, 6.07) is 16.2. The fourth-order valence-electron chi connectivity index (χ4n) is 2.31. The molecule has 0 aliphatic carbocycles. The van der Waals surface area contributed by atoms with Gasteiger partial charge in [-0.15, -0.1) is 0 Å². The Labute approximate surface area is 129 Å². The van der Waals surface area contributed by atoms with Gasteiger partial charge in [0.25, 0.3) is 5.56 Å². The van der Waals surface area contributed by atoms with Crippen LogP contribution in [-0.2, 0) is 0 Å². The van der Waals surface area contributed by atoms with E-state index in [0.29, 0.717) is 22.5 Å². The Balaban J connectivity index is 2.44. The first-order chi connectivity index (χ1) is 10.1. The van der Waals surface area contributed by atoms with E-state index in [-0.39, 0.29) is 5.56 Å². The molecule has 1 heterocycles. The number of nitrogen functional groups attached to an aromatic ring is 1. The molecule has 0 aliphatic rings. The molecular weight excluding hydrogens is 330 g/mol. The molecule has 1 aromatic heterocycles. The van der Waals surface area contributed by atoms with Gasteiger partial charge in [0.1, 0.15) is 11.9 Å². The van der Waals surface area contributed by atoms with Crippen LogP contribution in [0.4, 0.5) is 5.82 Å². The molecule has 102 valence electrons. The van der Waals surface area contributed by atoms with Crippen LogP contribution in [0.5, 0.6) is 0 Å². The molecule has 3 rings (SSSR count). The highest BCUT2D eigenvalue weighted by Crippen LogP contribution is 2.23. The van der Waals surface area contributed by atoms with Crippen molar-refractivity contribution >= 4 is 32.5 Å². The summed E-state index contributed by atoms with van der Waals surface area (Å²) in [5.41, 5.74) is 6.66. The summed E-state index contributed by atoms with van der Waals surface area (Å²) >= 11 is 3.36. The third kappa shape index (κ3) is 2.20. The topological polar surface area (TPSA) is 71.8 Å². The quantitative estimate of drug-likeness (QED) is 0.739. The van der Waals surface area contributed by atoms with Crippen LogP contribution < -0.4 is 11.3 Å². The van der Waals surface area contributed by atoms with E-state index in [2.05, 4.69) is 22.0 Å². The summed E-state index contributed by atoms with van der Waals surface area (Å²) in [7, 11) is 0. The zero-order valence-corrected chi connectivity index (χ0v) is 12.5. The van der Waals surface area contributed by atoms with Crippen LogP contribution in [0.3, 0.4) is 0 Å². The van der Waals surface area contributed by atoms with Crippen molar-refractivity contribution in [1.82, 2.24) is 4.57 Å². The third-order valence-electron chi connectivity index (χ3n) is 3.28. The number of hydrogen-bond donors (Lipinski definition) is 1. The van der Waals surface area contributed by atoms with E-state index in [1.54, 1.807) is 36.4 Å². The standard InChI is InChI=1S/C16H10BrN3O/c17-12-6-5-11(9-18)14(8-12)20-15(19)7-10-3-1-2-4-13(10)16(20)21/h1-8H,19H2. The maximum Gasteiger partial charge on any atom is 0.264 e. The minimum Gasteiger partial charge on any atom is -0.385 e. The number of anilines is 1. The third-order valence-corrected chi connectivity index (χ3v) is 3.77. The minimum absolute atomic E-state index is 0.236. The summed E-state index contributed by atoms with van der Waals surface area (Å²) < 4.78 is 2.14. The lowest BCUT2D eigenvalue weighted by molar-refractivity contribution is 1.02. The van der Waals surface area contributed by atoms with Crippen LogP contribution in [0.15, 0.2) is 57.8 Å². The summed E-state index contributed by atoms with van der Waals surface area (Å²) in [5.74, 6) is 0.299. The molecule has 0 atom stereocenters. The molecular formula is C16H10BrN3O. The average molecular weight is 340 g/mol. The van der Waals surface area contributed by atoms with Crippen LogP contribution in [0, 0.1) is 11.3 Å². The summed E-state index contributed by atoms with van der Waals surface area (Å²) in [5, 5.41) is 10.6. The van der Waals surface area contributed by atoms with Gasteiger partial charge in [-0.1, -0.05) is 34.1 Å². The van der Waals surface area contributed by atoms with Gasteiger partial charge in [-0.3, -0.25) is 9.36 Å². The molecule has 0 bridgehead atoms. The molecule has 0 saturated carbocycles. The fourth-order valence-corrected chi connectivity index (χ4v) is 2.66. The molecule has 0 radical (unpaired) electrons. The van der Waals surface area contributed by atoms with Crippen molar-refractivity contribution in [3.8, 4) is 11.8 Å². The number of nitrogens with zero attached hydrogens (tertiary/aromatic N) is 2. The number of hydrogen-bond acceptors (Lipinski definition) is 3. The lowest BCUT2D eigenvalue weighted by Crippen LogP contribution is -2.22. The summed E-state index contributed by atoms with van der Waals surface area (Å²) in [4.78, 5) is 12.7. The molecule has 4 nitrogen and oxygen atoms in total. The van der Waals surface area contributed by atoms with E-state index in [0.717, 1.165) is 9.86 Å². The molecule has 0 spiro atoms. The zero-order valence-electron chi connectivity index (χ0n) is 10.9. The fraction of sp³-hybridized carbons (Fsp3) is 0. The van der Waals surface area contributed by atoms with E-state index in [4.69, 9.17) is 5.73 Å². The van der Waals surface area contributed by atoms with Gasteiger partial charge < -0.3 is 5.73 Å². The average Bonchev–Trinajstić information content (AvgIpc) is 2.47. The Kier molecular flexibility index (Phi) is 3.24. The number of benzene rings is 2. The Morgan fingerprint density at radius 2 is 1.90 bits per heavy atom. The lowest BCUT2D eigenvalue weighted by atomic mass is 10.1. The maximum absolute atomic E-state index is 12.7. The van der Waals surface area contributed by atoms with E-state index >= 15 is 0 Å². The van der Waals surface area contributed by atoms with E-state index in [1.807, 2.05) is 12.1 Å². The highest BCUT2D eigenvalue weighted by atomic mass is 79.9. The Hall–Kier alpha value is -2.58. The molecule has 0 saturated heterocycles. The second kappa shape index (κ2) is 5.08. The molecule has 21 heavy (non-hydrogen) atoms. The number of nitriles is 1. The number of nitrogens with two attached hydrogens (primary N) is 1. The summed E-state index contributed by atoms with van der Waals surface area (Å²) in [6.07, 6.45) is 0. The Bertz CT molecular complexity index is 954. The van der Waals surface area contributed by atoms with Crippen LogP contribution in [0.2, 0.25) is 0 Å². The first-order valence-corrected chi connectivity index (χ1v) is 7.01. The van der Waals surface area contributed by atoms with Crippen LogP contribution in [0.1, 0.15) is 5.56 Å². The molecule has 2 N–H and O–H groups in total. The van der Waals surface area contributed by atoms with E-state index < -0.39 is 0 Å². The number of pyridine rings is 1. The van der Waals surface area contributed by atoms with Gasteiger partial charge in [0.2, 0.25) is 0 Å². The monoisotopic (exact) mass is 339 g/mol. The van der Waals surface area contributed by atoms with Gasteiger partial charge >= 0.3 is 0 Å². The zero-order chi connectivity index (χ0) is 15.0. The van der Waals surface area contributed by atoms with E-state index in [9.17, 15) is 10.1 Å². The molecule has 3 aromatic rings. The van der Waals surface area contributed by atoms with Crippen molar-refractivity contribution < 1.29 is 0 Å². The Morgan fingerprint density at radius 3 is 2.67 bits per heavy atom. The van der Waals surface area contributed by atoms with Gasteiger partial charge in [-0.2, -0.15) is 5.26 Å². The first-order valence-electron chi connectivity index (χ1n) is 6.22. The predicted octanol–water partition coefficient (Wildman–Crippen LogP) is 3.21. The highest BCUT2D eigenvalue weighted by molar-refractivity contribution is 9.10. The second-order valence-corrected chi connectivity index (χ2v) is 5.49. The maximum atomic E-state index is 12.7. The number of fused-ring (bicyclic) bond motifs is 1. The number of rotatable bonds is 1. The molecule has 5 heteroatoms. The molecule has 0 amide bonds. The largest absolute Gasteiger partial charge is 0.385 e. The van der Waals surface area contributed by atoms with Crippen molar-refractivity contribution in [2.24, 2.45) is 0 Å². The van der Waals surface area contributed by atoms with Gasteiger partial charge in [-0.05, 0) is 35.7 Å². The molecule has 0 unspecified atom stereocenters. The van der Waals surface area contributed by atoms with Crippen molar-refractivity contribution in [2.75, 3.05) is 5.73 Å². The SMILES string of the molecule is N#Cc1ccc(Br)cc1-n1c(N)cc2ccccc2c1=O. The van der Waals surface area contributed by atoms with Crippen LogP contribution >= 0.6 is 15.9 Å². The first kappa shape index (κ1) is 13.4. The van der Waals surface area contributed by atoms with Crippen molar-refractivity contribution in [2.45, 2.75) is 0 Å². The van der Waals surface area contributed by atoms with Gasteiger partial charge in [0.05, 0.1) is 11.3 Å². The van der Waals surface area contributed by atoms with Crippen LogP contribution in [0.25, 0.3) is 16.5 Å². The number of aromatic nitrogens is 1. The lowest BCUT2D eigenvalue weighted by Gasteiger charge is -2.13. The molecule has 0 aliphatic heterocycles. The second-order valence-electron chi connectivity index (χ2n) is 4.57. The predicted molar refractivity (Wildman–Crippen MR) is 86.4 cm³/mol. The van der Waals surface area contributed by atoms with Crippen molar-refractivity contribution in [3.05, 3.63) is 68.9 Å². The van der Waals surface area contributed by atoms with Gasteiger partial charge in [0.15, 0.2) is 0 Å². The summed E-state index contributed by atoms with van der Waals surface area (Å²) in [6.45, 7) is 0. The smallest absolute Gasteiger partial charge is 0.264 e. The van der Waals surface area contributed by atoms with Gasteiger partial charge in [-0.25, -0.2) is 0 Å². The van der Waals surface area contributed by atoms with Crippen molar-refractivity contribution in [1.29, 1.82) is 5.26 Å². The molecule has 2 aromatic carbocycles. The minimum atomic E-state index is -0.236. The number of halogens is 1. The van der Waals surface area contributed by atoms with Gasteiger partial charge in [0, 0.05) is 9.86 Å². The van der Waals surface area contributed by atoms with Crippen molar-refractivity contribution in [3.63, 3.8) is 0 Å². The van der Waals surface area contributed by atoms with Crippen LogP contribution in [-0.4, -0.2) is 4.57 Å². The molecule has 0 fully saturated rings. The Morgan fingerprint density at radius 1 is 1.14 bits per heavy atom. The van der Waals surface area contributed by atoms with E-state index in [1.165, 1.54) is 4.57 Å². The highest BCUT2D eigenvalue weighted by Gasteiger charge is 2.12. The normalized spacial score (nSPS) is 10.5.